The Morgan fingerprint density at radius 1 is 1.00 bits per heavy atom. The van der Waals surface area contributed by atoms with Gasteiger partial charge in [-0.05, 0) is 17.7 Å². The van der Waals surface area contributed by atoms with Gasteiger partial charge in [0.25, 0.3) is 11.8 Å². The fraction of sp³-hybridized carbons (Fsp3) is 0.273. The predicted octanol–water partition coefficient (Wildman–Crippen LogP) is 2.52. The molecule has 0 aliphatic carbocycles. The molecule has 0 bridgehead atoms. The molecule has 7 nitrogen and oxygen atoms in total. The molecule has 2 aromatic rings. The Bertz CT molecular complexity index is 978. The lowest BCUT2D eigenvalue weighted by Gasteiger charge is -2.28. The van der Waals surface area contributed by atoms with Gasteiger partial charge in [0.15, 0.2) is 6.04 Å². The fourth-order valence-electron chi connectivity index (χ4n) is 3.58. The van der Waals surface area contributed by atoms with Crippen molar-refractivity contribution in [2.75, 3.05) is 6.61 Å². The molecule has 2 aliphatic rings. The summed E-state index contributed by atoms with van der Waals surface area (Å²) < 4.78 is 10.5. The van der Waals surface area contributed by atoms with Gasteiger partial charge in [-0.15, -0.1) is 0 Å². The van der Waals surface area contributed by atoms with E-state index in [0.29, 0.717) is 5.56 Å². The van der Waals surface area contributed by atoms with Crippen LogP contribution in [0.5, 0.6) is 0 Å². The standard InChI is InChI=1S/C22H19NO6/c1-22(2)12-28-21(27)17(22)29-20(26)16(13-8-4-3-5-9-13)23-18(24)14-10-6-7-11-15(14)19(23)25/h3-11,16-17H,12H2,1-2H3/t16-,17?/m0/s1. The van der Waals surface area contributed by atoms with E-state index in [2.05, 4.69) is 0 Å². The topological polar surface area (TPSA) is 90.0 Å². The molecule has 0 saturated carbocycles. The van der Waals surface area contributed by atoms with E-state index < -0.39 is 41.3 Å². The molecule has 1 unspecified atom stereocenters. The lowest BCUT2D eigenvalue weighted by atomic mass is 9.89. The van der Waals surface area contributed by atoms with Crippen LogP contribution in [0.1, 0.15) is 46.2 Å². The number of carbonyl (C=O) groups excluding carboxylic acids is 4. The van der Waals surface area contributed by atoms with E-state index in [0.717, 1.165) is 4.90 Å². The minimum atomic E-state index is -1.31. The van der Waals surface area contributed by atoms with Gasteiger partial charge < -0.3 is 9.47 Å². The first-order valence-corrected chi connectivity index (χ1v) is 9.20. The summed E-state index contributed by atoms with van der Waals surface area (Å²) in [7, 11) is 0. The van der Waals surface area contributed by atoms with Gasteiger partial charge in [0.05, 0.1) is 11.1 Å². The summed E-state index contributed by atoms with van der Waals surface area (Å²) in [5.41, 5.74) is 0.158. The molecular weight excluding hydrogens is 374 g/mol. The first-order valence-electron chi connectivity index (χ1n) is 9.20. The second kappa shape index (κ2) is 6.84. The van der Waals surface area contributed by atoms with E-state index in [1.54, 1.807) is 68.4 Å². The van der Waals surface area contributed by atoms with Crippen LogP contribution >= 0.6 is 0 Å². The second-order valence-electron chi connectivity index (χ2n) is 7.75. The monoisotopic (exact) mass is 393 g/mol. The van der Waals surface area contributed by atoms with Crippen LogP contribution in [0.15, 0.2) is 54.6 Å². The zero-order valence-corrected chi connectivity index (χ0v) is 16.0. The molecule has 2 aliphatic heterocycles. The number of benzene rings is 2. The molecule has 0 radical (unpaired) electrons. The summed E-state index contributed by atoms with van der Waals surface area (Å²) in [4.78, 5) is 52.1. The molecule has 0 spiro atoms. The smallest absolute Gasteiger partial charge is 0.348 e. The number of amides is 2. The first kappa shape index (κ1) is 18.9. The van der Waals surface area contributed by atoms with E-state index in [1.807, 2.05) is 0 Å². The maximum atomic E-state index is 13.2. The first-order chi connectivity index (χ1) is 13.8. The van der Waals surface area contributed by atoms with Gasteiger partial charge in [0.2, 0.25) is 6.10 Å². The molecule has 1 fully saturated rings. The summed E-state index contributed by atoms with van der Waals surface area (Å²) in [5.74, 6) is -2.66. The molecule has 2 amide bonds. The number of hydrogen-bond acceptors (Lipinski definition) is 6. The lowest BCUT2D eigenvalue weighted by Crippen LogP contribution is -2.43. The van der Waals surface area contributed by atoms with Gasteiger partial charge in [-0.2, -0.15) is 0 Å². The summed E-state index contributed by atoms with van der Waals surface area (Å²) in [5, 5.41) is 0. The summed E-state index contributed by atoms with van der Waals surface area (Å²) >= 11 is 0. The molecule has 2 atom stereocenters. The van der Waals surface area contributed by atoms with E-state index >= 15 is 0 Å². The summed E-state index contributed by atoms with van der Waals surface area (Å²) in [6.07, 6.45) is -1.11. The van der Waals surface area contributed by atoms with Crippen molar-refractivity contribution < 1.29 is 28.7 Å². The van der Waals surface area contributed by atoms with E-state index in [1.165, 1.54) is 0 Å². The molecular formula is C22H19NO6. The van der Waals surface area contributed by atoms with Crippen LogP contribution in [0.4, 0.5) is 0 Å². The Kier molecular flexibility index (Phi) is 4.45. The number of imide groups is 1. The third kappa shape index (κ3) is 3.08. The summed E-state index contributed by atoms with van der Waals surface area (Å²) in [6, 6.07) is 13.5. The highest BCUT2D eigenvalue weighted by molar-refractivity contribution is 6.22. The molecule has 0 aromatic heterocycles. The highest BCUT2D eigenvalue weighted by Gasteiger charge is 2.50. The molecule has 2 aromatic carbocycles. The molecule has 29 heavy (non-hydrogen) atoms. The van der Waals surface area contributed by atoms with Crippen LogP contribution in [0.25, 0.3) is 0 Å². The number of nitrogens with zero attached hydrogens (tertiary/aromatic N) is 1. The normalized spacial score (nSPS) is 21.0. The van der Waals surface area contributed by atoms with Gasteiger partial charge in [-0.3, -0.25) is 14.5 Å². The summed E-state index contributed by atoms with van der Waals surface area (Å²) in [6.45, 7) is 3.61. The number of esters is 2. The molecule has 4 rings (SSSR count). The van der Waals surface area contributed by atoms with Crippen molar-refractivity contribution >= 4 is 23.8 Å². The quantitative estimate of drug-likeness (QED) is 0.586. The van der Waals surface area contributed by atoms with Gasteiger partial charge in [0, 0.05) is 5.41 Å². The third-order valence-electron chi connectivity index (χ3n) is 5.17. The minimum absolute atomic E-state index is 0.118. The van der Waals surface area contributed by atoms with Crippen LogP contribution in [0.3, 0.4) is 0 Å². The number of hydrogen-bond donors (Lipinski definition) is 0. The number of ether oxygens (including phenoxy) is 2. The maximum Gasteiger partial charge on any atom is 0.348 e. The predicted molar refractivity (Wildman–Crippen MR) is 101 cm³/mol. The number of fused-ring (bicyclic) bond motifs is 1. The highest BCUT2D eigenvalue weighted by atomic mass is 16.6. The average Bonchev–Trinajstić information content (AvgIpc) is 3.12. The minimum Gasteiger partial charge on any atom is -0.462 e. The largest absolute Gasteiger partial charge is 0.462 e. The van der Waals surface area contributed by atoms with Gasteiger partial charge in [-0.1, -0.05) is 56.3 Å². The zero-order chi connectivity index (χ0) is 20.8. The fourth-order valence-corrected chi connectivity index (χ4v) is 3.58. The van der Waals surface area contributed by atoms with Crippen molar-refractivity contribution in [3.63, 3.8) is 0 Å². The maximum absolute atomic E-state index is 13.2. The third-order valence-corrected chi connectivity index (χ3v) is 5.17. The van der Waals surface area contributed by atoms with E-state index in [4.69, 9.17) is 9.47 Å². The van der Waals surface area contributed by atoms with E-state index in [9.17, 15) is 19.2 Å². The van der Waals surface area contributed by atoms with Crippen molar-refractivity contribution in [1.82, 2.24) is 4.90 Å². The van der Waals surface area contributed by atoms with Crippen molar-refractivity contribution in [3.8, 4) is 0 Å². The highest BCUT2D eigenvalue weighted by Crippen LogP contribution is 2.36. The number of carbonyl (C=O) groups is 4. The Balaban J connectivity index is 1.72. The number of cyclic esters (lactones) is 1. The van der Waals surface area contributed by atoms with Crippen LogP contribution in [-0.2, 0) is 19.1 Å². The van der Waals surface area contributed by atoms with Crippen LogP contribution in [0, 0.1) is 5.41 Å². The van der Waals surface area contributed by atoms with Crippen LogP contribution in [0.2, 0.25) is 0 Å². The van der Waals surface area contributed by atoms with Gasteiger partial charge >= 0.3 is 11.9 Å². The van der Waals surface area contributed by atoms with Gasteiger partial charge in [-0.25, -0.2) is 9.59 Å². The molecule has 7 heteroatoms. The van der Waals surface area contributed by atoms with E-state index in [-0.39, 0.29) is 17.7 Å². The van der Waals surface area contributed by atoms with Crippen LogP contribution in [-0.4, -0.2) is 41.4 Å². The SMILES string of the molecule is CC1(C)COC(=O)C1OC(=O)[C@H](c1ccccc1)N1C(=O)c2ccccc2C1=O. The Hall–Kier alpha value is -3.48. The molecule has 1 saturated heterocycles. The molecule has 0 N–H and O–H groups in total. The Morgan fingerprint density at radius 3 is 2.07 bits per heavy atom. The second-order valence-corrected chi connectivity index (χ2v) is 7.75. The van der Waals surface area contributed by atoms with Crippen molar-refractivity contribution in [2.24, 2.45) is 5.41 Å². The Morgan fingerprint density at radius 2 is 1.55 bits per heavy atom. The average molecular weight is 393 g/mol. The van der Waals surface area contributed by atoms with Crippen molar-refractivity contribution in [2.45, 2.75) is 26.0 Å². The number of rotatable bonds is 4. The van der Waals surface area contributed by atoms with Crippen molar-refractivity contribution in [3.05, 3.63) is 71.3 Å². The van der Waals surface area contributed by atoms with Gasteiger partial charge in [0.1, 0.15) is 6.61 Å². The van der Waals surface area contributed by atoms with Crippen molar-refractivity contribution in [1.29, 1.82) is 0 Å². The zero-order valence-electron chi connectivity index (χ0n) is 16.0. The van der Waals surface area contributed by atoms with Crippen LogP contribution < -0.4 is 0 Å². The molecule has 2 heterocycles. The molecule has 148 valence electrons. The lowest BCUT2D eigenvalue weighted by molar-refractivity contribution is -0.166. The Labute approximate surface area is 167 Å².